The van der Waals surface area contributed by atoms with Crippen LogP contribution in [0, 0.1) is 0 Å². The molecule has 3 aromatic rings. The van der Waals surface area contributed by atoms with Gasteiger partial charge >= 0.3 is 0 Å². The van der Waals surface area contributed by atoms with Crippen molar-refractivity contribution in [2.45, 2.75) is 39.7 Å². The number of quaternary nitrogens is 1. The Balaban J connectivity index is 1.73. The Morgan fingerprint density at radius 1 is 1.21 bits per heavy atom. The highest BCUT2D eigenvalue weighted by Gasteiger charge is 2.35. The summed E-state index contributed by atoms with van der Waals surface area (Å²) in [5, 5.41) is 15.4. The van der Waals surface area contributed by atoms with Gasteiger partial charge in [0.15, 0.2) is 11.9 Å². The molecule has 1 aliphatic heterocycles. The van der Waals surface area contributed by atoms with Crippen molar-refractivity contribution in [3.63, 3.8) is 0 Å². The summed E-state index contributed by atoms with van der Waals surface area (Å²) in [6.07, 6.45) is 1.74. The minimum absolute atomic E-state index is 0.00593. The quantitative estimate of drug-likeness (QED) is 0.663. The van der Waals surface area contributed by atoms with E-state index in [0.29, 0.717) is 0 Å². The van der Waals surface area contributed by atoms with E-state index < -0.39 is 0 Å². The second kappa shape index (κ2) is 8.12. The normalized spacial score (nSPS) is 16.4. The second-order valence-electron chi connectivity index (χ2n) is 7.56. The van der Waals surface area contributed by atoms with Crippen molar-refractivity contribution in [3.05, 3.63) is 46.1 Å². The fraction of sp³-hybridized carbons (Fsp3) is 0.476. The van der Waals surface area contributed by atoms with Crippen LogP contribution in [0.15, 0.2) is 24.3 Å². The predicted octanol–water partition coefficient (Wildman–Crippen LogP) is 1.46. The number of hydrogen-bond donors (Lipinski definition) is 2. The van der Waals surface area contributed by atoms with Gasteiger partial charge in [-0.2, -0.15) is 4.52 Å². The van der Waals surface area contributed by atoms with Gasteiger partial charge in [0.05, 0.1) is 26.2 Å². The van der Waals surface area contributed by atoms with E-state index in [1.807, 2.05) is 11.8 Å². The second-order valence-corrected chi connectivity index (χ2v) is 8.57. The van der Waals surface area contributed by atoms with Gasteiger partial charge in [-0.3, -0.25) is 4.79 Å². The van der Waals surface area contributed by atoms with Crippen molar-refractivity contribution in [1.82, 2.24) is 19.5 Å². The first-order valence-corrected chi connectivity index (χ1v) is 11.1. The van der Waals surface area contributed by atoms with Gasteiger partial charge in [0, 0.05) is 18.9 Å². The van der Waals surface area contributed by atoms with E-state index in [1.54, 1.807) is 11.4 Å². The number of fused-ring (bicyclic) bond motifs is 1. The van der Waals surface area contributed by atoms with E-state index in [2.05, 4.69) is 41.3 Å². The van der Waals surface area contributed by atoms with Gasteiger partial charge in [0.25, 0.3) is 0 Å². The van der Waals surface area contributed by atoms with E-state index in [4.69, 9.17) is 0 Å². The summed E-state index contributed by atoms with van der Waals surface area (Å²) in [6, 6.07) is 8.66. The molecule has 1 aromatic carbocycles. The Bertz CT molecular complexity index is 1000. The number of nitrogens with zero attached hydrogens (tertiary/aromatic N) is 4. The zero-order valence-corrected chi connectivity index (χ0v) is 18.0. The van der Waals surface area contributed by atoms with Crippen molar-refractivity contribution in [1.29, 1.82) is 0 Å². The standard InChI is InChI=1S/C21H27N5O2S/c1-4-15-6-8-16(9-7-15)18(25-12-10-24(11-13-25)14(3)27)19-20(28)26-21(29-19)22-17(5-2)23-26/h6-9,18,28H,4-5,10-13H2,1-3H3/p+1/t18-/m0/s1. The molecule has 1 aliphatic rings. The molecule has 3 heterocycles. The predicted molar refractivity (Wildman–Crippen MR) is 113 cm³/mol. The van der Waals surface area contributed by atoms with Gasteiger partial charge < -0.3 is 14.9 Å². The van der Waals surface area contributed by atoms with E-state index in [-0.39, 0.29) is 17.8 Å². The van der Waals surface area contributed by atoms with Gasteiger partial charge in [0.2, 0.25) is 16.7 Å². The van der Waals surface area contributed by atoms with E-state index in [1.165, 1.54) is 27.4 Å². The molecule has 7 nitrogen and oxygen atoms in total. The lowest BCUT2D eigenvalue weighted by molar-refractivity contribution is -0.929. The number of thiazole rings is 1. The van der Waals surface area contributed by atoms with Crippen molar-refractivity contribution >= 4 is 22.2 Å². The van der Waals surface area contributed by atoms with Crippen LogP contribution in [-0.2, 0) is 17.6 Å². The molecule has 4 rings (SSSR count). The van der Waals surface area contributed by atoms with E-state index in [0.717, 1.165) is 54.7 Å². The molecule has 1 atom stereocenters. The Kier molecular flexibility index (Phi) is 5.56. The molecule has 0 radical (unpaired) electrons. The molecule has 0 spiro atoms. The van der Waals surface area contributed by atoms with Gasteiger partial charge in [-0.25, -0.2) is 4.98 Å². The Hall–Kier alpha value is -2.45. The third-order valence-corrected chi connectivity index (χ3v) is 6.89. The molecular formula is C21H28N5O2S+. The fourth-order valence-electron chi connectivity index (χ4n) is 4.04. The summed E-state index contributed by atoms with van der Waals surface area (Å²) >= 11 is 1.51. The summed E-state index contributed by atoms with van der Waals surface area (Å²) in [5.74, 6) is 1.05. The van der Waals surface area contributed by atoms with E-state index >= 15 is 0 Å². The fourth-order valence-corrected chi connectivity index (χ4v) is 5.20. The Morgan fingerprint density at radius 2 is 1.90 bits per heavy atom. The van der Waals surface area contributed by atoms with Crippen LogP contribution in [0.1, 0.15) is 48.6 Å². The number of aromatic nitrogens is 3. The maximum atomic E-state index is 11.7. The molecule has 29 heavy (non-hydrogen) atoms. The zero-order valence-electron chi connectivity index (χ0n) is 17.2. The number of hydrogen-bond acceptors (Lipinski definition) is 5. The first kappa shape index (κ1) is 19.8. The third-order valence-electron chi connectivity index (χ3n) is 5.80. The van der Waals surface area contributed by atoms with Gasteiger partial charge in [0.1, 0.15) is 4.88 Å². The number of aryl methyl sites for hydroxylation is 2. The molecule has 2 aromatic heterocycles. The molecular weight excluding hydrogens is 386 g/mol. The maximum absolute atomic E-state index is 11.7. The number of benzene rings is 1. The molecule has 2 N–H and O–H groups in total. The highest BCUT2D eigenvalue weighted by atomic mass is 32.1. The van der Waals surface area contributed by atoms with E-state index in [9.17, 15) is 9.90 Å². The maximum Gasteiger partial charge on any atom is 0.235 e. The molecule has 0 unspecified atom stereocenters. The molecule has 8 heteroatoms. The van der Waals surface area contributed by atoms with Gasteiger partial charge in [-0.15, -0.1) is 5.10 Å². The molecule has 154 valence electrons. The van der Waals surface area contributed by atoms with Gasteiger partial charge in [-0.1, -0.05) is 49.4 Å². The third kappa shape index (κ3) is 3.74. The number of carbonyl (C=O) groups is 1. The molecule has 1 saturated heterocycles. The first-order valence-electron chi connectivity index (χ1n) is 10.3. The number of rotatable bonds is 5. The molecule has 1 amide bonds. The number of aromatic hydroxyl groups is 1. The largest absolute Gasteiger partial charge is 0.492 e. The minimum Gasteiger partial charge on any atom is -0.492 e. The lowest BCUT2D eigenvalue weighted by atomic mass is 10.0. The average molecular weight is 415 g/mol. The molecule has 0 bridgehead atoms. The topological polar surface area (TPSA) is 75.2 Å². The highest BCUT2D eigenvalue weighted by Crippen LogP contribution is 2.35. The number of amides is 1. The zero-order chi connectivity index (χ0) is 20.5. The SMILES string of the molecule is CCc1ccc([C@@H](c2sc3nc(CC)nn3c2O)[NH+]2CCN(C(C)=O)CC2)cc1. The van der Waals surface area contributed by atoms with Crippen LogP contribution in [0.4, 0.5) is 0 Å². The highest BCUT2D eigenvalue weighted by molar-refractivity contribution is 7.17. The van der Waals surface area contributed by atoms with Crippen molar-refractivity contribution in [3.8, 4) is 5.88 Å². The van der Waals surface area contributed by atoms with Crippen molar-refractivity contribution in [2.75, 3.05) is 26.2 Å². The van der Waals surface area contributed by atoms with Crippen LogP contribution in [0.3, 0.4) is 0 Å². The monoisotopic (exact) mass is 414 g/mol. The average Bonchev–Trinajstić information content (AvgIpc) is 3.28. The summed E-state index contributed by atoms with van der Waals surface area (Å²) in [5.41, 5.74) is 2.47. The number of carbonyl (C=O) groups excluding carboxylic acids is 1. The van der Waals surface area contributed by atoms with Crippen LogP contribution in [0.5, 0.6) is 5.88 Å². The lowest BCUT2D eigenvalue weighted by Gasteiger charge is -2.36. The smallest absolute Gasteiger partial charge is 0.235 e. The molecule has 0 saturated carbocycles. The number of piperazine rings is 1. The minimum atomic E-state index is -0.00593. The Labute approximate surface area is 174 Å². The summed E-state index contributed by atoms with van der Waals surface area (Å²) in [7, 11) is 0. The van der Waals surface area contributed by atoms with Crippen LogP contribution in [0.2, 0.25) is 0 Å². The van der Waals surface area contributed by atoms with Crippen LogP contribution in [0.25, 0.3) is 4.96 Å². The van der Waals surface area contributed by atoms with Crippen LogP contribution < -0.4 is 4.90 Å². The van der Waals surface area contributed by atoms with Crippen LogP contribution >= 0.6 is 11.3 Å². The Morgan fingerprint density at radius 3 is 2.45 bits per heavy atom. The summed E-state index contributed by atoms with van der Waals surface area (Å²) < 4.78 is 1.57. The van der Waals surface area contributed by atoms with Gasteiger partial charge in [-0.05, 0) is 12.0 Å². The van der Waals surface area contributed by atoms with Crippen LogP contribution in [-0.4, -0.2) is 56.7 Å². The summed E-state index contributed by atoms with van der Waals surface area (Å²) in [4.78, 5) is 21.2. The molecule has 1 fully saturated rings. The van der Waals surface area contributed by atoms with Crippen molar-refractivity contribution in [2.24, 2.45) is 0 Å². The first-order chi connectivity index (χ1) is 14.0. The number of nitrogens with one attached hydrogen (secondary N) is 1. The summed E-state index contributed by atoms with van der Waals surface area (Å²) in [6.45, 7) is 8.93. The van der Waals surface area contributed by atoms with Crippen molar-refractivity contribution < 1.29 is 14.8 Å². The lowest BCUT2D eigenvalue weighted by Crippen LogP contribution is -3.15. The molecule has 0 aliphatic carbocycles.